The van der Waals surface area contributed by atoms with Gasteiger partial charge in [0.25, 0.3) is 0 Å². The molecule has 1 aromatic carbocycles. The SMILES string of the molecule is CC(=O)OC(c1ccccc1)C1CCCCC1Cl. The largest absolute Gasteiger partial charge is 0.457 e. The monoisotopic (exact) mass is 266 g/mol. The van der Waals surface area contributed by atoms with E-state index in [-0.39, 0.29) is 23.4 Å². The molecule has 98 valence electrons. The third-order valence-electron chi connectivity index (χ3n) is 3.54. The van der Waals surface area contributed by atoms with Crippen LogP contribution in [-0.4, -0.2) is 11.3 Å². The standard InChI is InChI=1S/C15H19ClO2/c1-11(17)18-15(12-7-3-2-4-8-12)13-9-5-6-10-14(13)16/h2-4,7-8,13-15H,5-6,9-10H2,1H3. The Hall–Kier alpha value is -1.02. The third kappa shape index (κ3) is 3.26. The average Bonchev–Trinajstić information content (AvgIpc) is 2.38. The number of esters is 1. The summed E-state index contributed by atoms with van der Waals surface area (Å²) in [7, 11) is 0. The Balaban J connectivity index is 2.21. The van der Waals surface area contributed by atoms with E-state index in [9.17, 15) is 4.79 Å². The summed E-state index contributed by atoms with van der Waals surface area (Å²) in [5.74, 6) is -0.00925. The number of carbonyl (C=O) groups is 1. The van der Waals surface area contributed by atoms with Crippen LogP contribution >= 0.6 is 11.6 Å². The van der Waals surface area contributed by atoms with Crippen LogP contribution in [0.25, 0.3) is 0 Å². The molecule has 2 rings (SSSR count). The quantitative estimate of drug-likeness (QED) is 0.608. The van der Waals surface area contributed by atoms with Gasteiger partial charge in [-0.15, -0.1) is 11.6 Å². The van der Waals surface area contributed by atoms with Crippen LogP contribution < -0.4 is 0 Å². The minimum absolute atomic E-state index is 0.100. The molecule has 0 N–H and O–H groups in total. The summed E-state index contributed by atoms with van der Waals surface area (Å²) in [6, 6.07) is 9.92. The number of halogens is 1. The van der Waals surface area contributed by atoms with Gasteiger partial charge in [0.15, 0.2) is 0 Å². The van der Waals surface area contributed by atoms with E-state index >= 15 is 0 Å². The molecule has 0 amide bonds. The summed E-state index contributed by atoms with van der Waals surface area (Å²) >= 11 is 6.42. The van der Waals surface area contributed by atoms with Crippen LogP contribution in [0.1, 0.15) is 44.3 Å². The van der Waals surface area contributed by atoms with Gasteiger partial charge >= 0.3 is 5.97 Å². The van der Waals surface area contributed by atoms with E-state index in [4.69, 9.17) is 16.3 Å². The number of carbonyl (C=O) groups excluding carboxylic acids is 1. The molecule has 0 aliphatic heterocycles. The molecule has 0 saturated heterocycles. The highest BCUT2D eigenvalue weighted by Crippen LogP contribution is 2.39. The molecule has 3 atom stereocenters. The van der Waals surface area contributed by atoms with Crippen LogP contribution in [0, 0.1) is 5.92 Å². The molecule has 1 aliphatic carbocycles. The van der Waals surface area contributed by atoms with Gasteiger partial charge in [0, 0.05) is 18.2 Å². The molecule has 0 spiro atoms. The number of alkyl halides is 1. The maximum Gasteiger partial charge on any atom is 0.303 e. The second-order valence-corrected chi connectivity index (χ2v) is 5.47. The maximum absolute atomic E-state index is 11.3. The van der Waals surface area contributed by atoms with Gasteiger partial charge in [0.05, 0.1) is 0 Å². The van der Waals surface area contributed by atoms with Crippen molar-refractivity contribution in [2.45, 2.75) is 44.1 Å². The molecule has 1 saturated carbocycles. The number of hydrogen-bond donors (Lipinski definition) is 0. The Labute approximate surface area is 113 Å². The minimum Gasteiger partial charge on any atom is -0.457 e. The number of rotatable bonds is 3. The van der Waals surface area contributed by atoms with Crippen molar-refractivity contribution < 1.29 is 9.53 Å². The van der Waals surface area contributed by atoms with Gasteiger partial charge < -0.3 is 4.74 Å². The Bertz CT molecular complexity index is 391. The molecule has 2 nitrogen and oxygen atoms in total. The zero-order valence-corrected chi connectivity index (χ0v) is 11.4. The first-order valence-electron chi connectivity index (χ1n) is 6.54. The molecular formula is C15H19ClO2. The fourth-order valence-electron chi connectivity index (χ4n) is 2.68. The summed E-state index contributed by atoms with van der Waals surface area (Å²) in [6.07, 6.45) is 4.18. The van der Waals surface area contributed by atoms with Crippen LogP contribution in [0.5, 0.6) is 0 Å². The van der Waals surface area contributed by atoms with Crippen molar-refractivity contribution in [1.82, 2.24) is 0 Å². The van der Waals surface area contributed by atoms with Crippen molar-refractivity contribution in [2.24, 2.45) is 5.92 Å². The van der Waals surface area contributed by atoms with Crippen LogP contribution in [0.2, 0.25) is 0 Å². The van der Waals surface area contributed by atoms with Crippen LogP contribution in [0.4, 0.5) is 0 Å². The number of ether oxygens (including phenoxy) is 1. The summed E-state index contributed by atoms with van der Waals surface area (Å²) < 4.78 is 5.52. The van der Waals surface area contributed by atoms with Gasteiger partial charge in [-0.2, -0.15) is 0 Å². The van der Waals surface area contributed by atoms with Gasteiger partial charge in [0.2, 0.25) is 0 Å². The van der Waals surface area contributed by atoms with Crippen molar-refractivity contribution >= 4 is 17.6 Å². The highest BCUT2D eigenvalue weighted by molar-refractivity contribution is 6.20. The lowest BCUT2D eigenvalue weighted by Crippen LogP contribution is -2.29. The summed E-state index contributed by atoms with van der Waals surface area (Å²) in [4.78, 5) is 11.3. The van der Waals surface area contributed by atoms with E-state index < -0.39 is 0 Å². The smallest absolute Gasteiger partial charge is 0.303 e. The molecule has 1 fully saturated rings. The van der Waals surface area contributed by atoms with Gasteiger partial charge in [-0.25, -0.2) is 0 Å². The van der Waals surface area contributed by atoms with E-state index in [0.717, 1.165) is 18.4 Å². The zero-order valence-electron chi connectivity index (χ0n) is 10.6. The maximum atomic E-state index is 11.3. The fourth-order valence-corrected chi connectivity index (χ4v) is 3.09. The zero-order chi connectivity index (χ0) is 13.0. The Morgan fingerprint density at radius 2 is 1.94 bits per heavy atom. The van der Waals surface area contributed by atoms with Gasteiger partial charge in [-0.1, -0.05) is 43.2 Å². The van der Waals surface area contributed by atoms with Crippen LogP contribution in [-0.2, 0) is 9.53 Å². The van der Waals surface area contributed by atoms with Crippen molar-refractivity contribution in [3.05, 3.63) is 35.9 Å². The first-order valence-corrected chi connectivity index (χ1v) is 6.98. The van der Waals surface area contributed by atoms with E-state index in [1.54, 1.807) is 0 Å². The summed E-state index contributed by atoms with van der Waals surface area (Å²) in [5.41, 5.74) is 1.05. The van der Waals surface area contributed by atoms with Crippen LogP contribution in [0.15, 0.2) is 30.3 Å². The Morgan fingerprint density at radius 3 is 2.56 bits per heavy atom. The molecule has 0 bridgehead atoms. The second kappa shape index (κ2) is 6.24. The topological polar surface area (TPSA) is 26.3 Å². The van der Waals surface area contributed by atoms with Crippen molar-refractivity contribution in [3.8, 4) is 0 Å². The van der Waals surface area contributed by atoms with Crippen LogP contribution in [0.3, 0.4) is 0 Å². The Kier molecular flexibility index (Phi) is 4.65. The number of benzene rings is 1. The highest BCUT2D eigenvalue weighted by Gasteiger charge is 2.33. The molecule has 3 unspecified atom stereocenters. The molecule has 1 aromatic rings. The van der Waals surface area contributed by atoms with Crippen molar-refractivity contribution in [1.29, 1.82) is 0 Å². The van der Waals surface area contributed by atoms with E-state index in [0.29, 0.717) is 0 Å². The molecule has 0 aromatic heterocycles. The van der Waals surface area contributed by atoms with E-state index in [1.165, 1.54) is 19.8 Å². The molecule has 0 radical (unpaired) electrons. The summed E-state index contributed by atoms with van der Waals surface area (Å²) in [6.45, 7) is 1.46. The molecular weight excluding hydrogens is 248 g/mol. The van der Waals surface area contributed by atoms with E-state index in [2.05, 4.69) is 0 Å². The fraction of sp³-hybridized carbons (Fsp3) is 0.533. The van der Waals surface area contributed by atoms with Crippen molar-refractivity contribution in [2.75, 3.05) is 0 Å². The molecule has 18 heavy (non-hydrogen) atoms. The normalized spacial score (nSPS) is 25.4. The van der Waals surface area contributed by atoms with Gasteiger partial charge in [-0.3, -0.25) is 4.79 Å². The number of hydrogen-bond acceptors (Lipinski definition) is 2. The highest BCUT2D eigenvalue weighted by atomic mass is 35.5. The second-order valence-electron chi connectivity index (χ2n) is 4.91. The Morgan fingerprint density at radius 1 is 1.28 bits per heavy atom. The predicted octanol–water partition coefficient (Wildman–Crippen LogP) is 4.09. The first-order chi connectivity index (χ1) is 8.68. The lowest BCUT2D eigenvalue weighted by molar-refractivity contribution is -0.150. The first kappa shape index (κ1) is 13.4. The molecule has 3 heteroatoms. The lowest BCUT2D eigenvalue weighted by Gasteiger charge is -2.33. The molecule has 0 heterocycles. The minimum atomic E-state index is -0.238. The van der Waals surface area contributed by atoms with Gasteiger partial charge in [-0.05, 0) is 18.4 Å². The van der Waals surface area contributed by atoms with Gasteiger partial charge in [0.1, 0.15) is 6.10 Å². The van der Waals surface area contributed by atoms with Crippen molar-refractivity contribution in [3.63, 3.8) is 0 Å². The summed E-state index contributed by atoms with van der Waals surface area (Å²) in [5, 5.41) is 0.100. The predicted molar refractivity (Wildman–Crippen MR) is 72.5 cm³/mol. The third-order valence-corrected chi connectivity index (χ3v) is 4.08. The lowest BCUT2D eigenvalue weighted by atomic mass is 9.82. The molecule has 1 aliphatic rings. The average molecular weight is 267 g/mol. The van der Waals surface area contributed by atoms with E-state index in [1.807, 2.05) is 30.3 Å².